The molecule has 0 radical (unpaired) electrons. The zero-order valence-corrected chi connectivity index (χ0v) is 10.0. The number of nitrogens with two attached hydrogens (primary N) is 1. The van der Waals surface area contributed by atoms with Crippen molar-refractivity contribution in [3.8, 4) is 0 Å². The molecule has 0 heterocycles. The van der Waals surface area contributed by atoms with Crippen molar-refractivity contribution in [3.05, 3.63) is 0 Å². The van der Waals surface area contributed by atoms with Crippen LogP contribution in [-0.4, -0.2) is 51.3 Å². The quantitative estimate of drug-likeness (QED) is 0.591. The molecule has 0 amide bonds. The number of ether oxygens (including phenoxy) is 1. The molecular weight excluding hydrogens is 216 g/mol. The maximum absolute atomic E-state index is 11.9. The number of hydrogen-bond donors (Lipinski definition) is 1. The van der Waals surface area contributed by atoms with Gasteiger partial charge in [0.25, 0.3) is 0 Å². The van der Waals surface area contributed by atoms with Crippen molar-refractivity contribution in [2.75, 3.05) is 32.6 Å². The smallest absolute Gasteiger partial charge is 0.214 e. The molecule has 1 aliphatic rings. The van der Waals surface area contributed by atoms with E-state index in [0.29, 0.717) is 26.1 Å². The maximum atomic E-state index is 11.9. The molecule has 1 aliphatic carbocycles. The lowest BCUT2D eigenvalue weighted by Gasteiger charge is -2.20. The standard InChI is InChI=1S/C9H20N2O3S/c1-14-7-2-8-15(12,13)11(6-5-10)9-3-4-9/h9H,2-8,10H2,1H3. The fraction of sp³-hybridized carbons (Fsp3) is 1.00. The van der Waals surface area contributed by atoms with E-state index in [9.17, 15) is 8.42 Å². The van der Waals surface area contributed by atoms with Crippen molar-refractivity contribution >= 4 is 10.0 Å². The van der Waals surface area contributed by atoms with Gasteiger partial charge in [0, 0.05) is 32.8 Å². The van der Waals surface area contributed by atoms with Gasteiger partial charge in [0.15, 0.2) is 0 Å². The first kappa shape index (κ1) is 12.9. The Labute approximate surface area is 91.6 Å². The highest BCUT2D eigenvalue weighted by Crippen LogP contribution is 2.29. The van der Waals surface area contributed by atoms with Crippen LogP contribution in [0.5, 0.6) is 0 Å². The molecule has 0 saturated heterocycles. The summed E-state index contributed by atoms with van der Waals surface area (Å²) >= 11 is 0. The Bertz CT molecular complexity index is 275. The van der Waals surface area contributed by atoms with Crippen LogP contribution in [0.1, 0.15) is 19.3 Å². The molecule has 2 N–H and O–H groups in total. The van der Waals surface area contributed by atoms with Crippen LogP contribution in [0.3, 0.4) is 0 Å². The lowest BCUT2D eigenvalue weighted by atomic mass is 10.5. The van der Waals surface area contributed by atoms with Crippen molar-refractivity contribution < 1.29 is 13.2 Å². The van der Waals surface area contributed by atoms with Crippen molar-refractivity contribution in [2.24, 2.45) is 5.73 Å². The van der Waals surface area contributed by atoms with Crippen LogP contribution in [0.2, 0.25) is 0 Å². The predicted molar refractivity (Wildman–Crippen MR) is 59.1 cm³/mol. The first-order chi connectivity index (χ1) is 7.11. The van der Waals surface area contributed by atoms with Gasteiger partial charge in [-0.2, -0.15) is 4.31 Å². The van der Waals surface area contributed by atoms with Crippen LogP contribution >= 0.6 is 0 Å². The molecule has 0 bridgehead atoms. The number of nitrogens with zero attached hydrogens (tertiary/aromatic N) is 1. The lowest BCUT2D eigenvalue weighted by Crippen LogP contribution is -2.38. The highest BCUT2D eigenvalue weighted by Gasteiger charge is 2.35. The summed E-state index contributed by atoms with van der Waals surface area (Å²) in [5, 5.41) is 0. The van der Waals surface area contributed by atoms with E-state index in [0.717, 1.165) is 12.8 Å². The topological polar surface area (TPSA) is 72.6 Å². The largest absolute Gasteiger partial charge is 0.385 e. The molecule has 1 saturated carbocycles. The van der Waals surface area contributed by atoms with Gasteiger partial charge in [-0.15, -0.1) is 0 Å². The van der Waals surface area contributed by atoms with E-state index in [2.05, 4.69) is 0 Å². The predicted octanol–water partition coefficient (Wildman–Crippen LogP) is -0.224. The Morgan fingerprint density at radius 3 is 2.60 bits per heavy atom. The summed E-state index contributed by atoms with van der Waals surface area (Å²) < 4.78 is 30.2. The first-order valence-electron chi connectivity index (χ1n) is 5.30. The fourth-order valence-corrected chi connectivity index (χ4v) is 3.31. The Kier molecular flexibility index (Phi) is 4.98. The highest BCUT2D eigenvalue weighted by molar-refractivity contribution is 7.89. The number of rotatable bonds is 8. The second-order valence-electron chi connectivity index (χ2n) is 3.79. The monoisotopic (exact) mass is 236 g/mol. The van der Waals surface area contributed by atoms with Crippen LogP contribution in [0.15, 0.2) is 0 Å². The minimum atomic E-state index is -3.12. The minimum absolute atomic E-state index is 0.164. The van der Waals surface area contributed by atoms with Crippen molar-refractivity contribution in [1.29, 1.82) is 0 Å². The third-order valence-electron chi connectivity index (χ3n) is 2.41. The van der Waals surface area contributed by atoms with Gasteiger partial charge < -0.3 is 10.5 Å². The van der Waals surface area contributed by atoms with Crippen molar-refractivity contribution in [1.82, 2.24) is 4.31 Å². The van der Waals surface area contributed by atoms with E-state index in [1.54, 1.807) is 11.4 Å². The van der Waals surface area contributed by atoms with Crippen molar-refractivity contribution in [2.45, 2.75) is 25.3 Å². The van der Waals surface area contributed by atoms with Crippen LogP contribution < -0.4 is 5.73 Å². The minimum Gasteiger partial charge on any atom is -0.385 e. The Hall–Kier alpha value is -0.170. The Morgan fingerprint density at radius 1 is 1.47 bits per heavy atom. The summed E-state index contributed by atoms with van der Waals surface area (Å²) in [6.45, 7) is 1.32. The van der Waals surface area contributed by atoms with Crippen LogP contribution in [0.4, 0.5) is 0 Å². The molecule has 1 fully saturated rings. The van der Waals surface area contributed by atoms with E-state index in [-0.39, 0.29) is 11.8 Å². The zero-order valence-electron chi connectivity index (χ0n) is 9.18. The molecule has 5 nitrogen and oxygen atoms in total. The Morgan fingerprint density at radius 2 is 2.13 bits per heavy atom. The summed E-state index contributed by atoms with van der Waals surface area (Å²) in [5.41, 5.74) is 5.42. The van der Waals surface area contributed by atoms with E-state index < -0.39 is 10.0 Å². The van der Waals surface area contributed by atoms with Gasteiger partial charge >= 0.3 is 0 Å². The summed E-state index contributed by atoms with van der Waals surface area (Å²) in [4.78, 5) is 0. The Balaban J connectivity index is 2.48. The van der Waals surface area contributed by atoms with Gasteiger partial charge in [-0.1, -0.05) is 0 Å². The molecule has 0 aromatic carbocycles. The number of hydrogen-bond acceptors (Lipinski definition) is 4. The maximum Gasteiger partial charge on any atom is 0.214 e. The third-order valence-corrected chi connectivity index (χ3v) is 4.41. The van der Waals surface area contributed by atoms with Crippen LogP contribution in [0, 0.1) is 0 Å². The van der Waals surface area contributed by atoms with E-state index >= 15 is 0 Å². The molecule has 90 valence electrons. The SMILES string of the molecule is COCCCS(=O)(=O)N(CCN)C1CC1. The molecule has 15 heavy (non-hydrogen) atoms. The number of sulfonamides is 1. The molecule has 0 atom stereocenters. The summed E-state index contributed by atoms with van der Waals surface area (Å²) in [5.74, 6) is 0.164. The second-order valence-corrected chi connectivity index (χ2v) is 5.83. The average molecular weight is 236 g/mol. The normalized spacial score (nSPS) is 17.3. The van der Waals surface area contributed by atoms with E-state index in [4.69, 9.17) is 10.5 Å². The molecule has 0 unspecified atom stereocenters. The summed E-state index contributed by atoms with van der Waals surface area (Å²) in [7, 11) is -1.55. The average Bonchev–Trinajstić information content (AvgIpc) is 2.97. The van der Waals surface area contributed by atoms with Crippen molar-refractivity contribution in [3.63, 3.8) is 0 Å². The summed E-state index contributed by atoms with van der Waals surface area (Å²) in [6.07, 6.45) is 2.50. The molecule has 0 aromatic rings. The van der Waals surface area contributed by atoms with Crippen LogP contribution in [-0.2, 0) is 14.8 Å². The fourth-order valence-electron chi connectivity index (χ4n) is 1.54. The number of methoxy groups -OCH3 is 1. The molecule has 0 aromatic heterocycles. The van der Waals surface area contributed by atoms with Gasteiger partial charge in [0.1, 0.15) is 0 Å². The second kappa shape index (κ2) is 5.79. The highest BCUT2D eigenvalue weighted by atomic mass is 32.2. The van der Waals surface area contributed by atoms with Gasteiger partial charge in [-0.3, -0.25) is 0 Å². The molecule has 1 rings (SSSR count). The molecule has 0 aliphatic heterocycles. The third kappa shape index (κ3) is 4.06. The van der Waals surface area contributed by atoms with Crippen LogP contribution in [0.25, 0.3) is 0 Å². The summed E-state index contributed by atoms with van der Waals surface area (Å²) in [6, 6.07) is 0.209. The van der Waals surface area contributed by atoms with Gasteiger partial charge in [0.05, 0.1) is 5.75 Å². The van der Waals surface area contributed by atoms with Gasteiger partial charge in [0.2, 0.25) is 10.0 Å². The lowest BCUT2D eigenvalue weighted by molar-refractivity contribution is 0.199. The molecular formula is C9H20N2O3S. The van der Waals surface area contributed by atoms with Gasteiger partial charge in [-0.25, -0.2) is 8.42 Å². The first-order valence-corrected chi connectivity index (χ1v) is 6.91. The molecule has 6 heteroatoms. The molecule has 0 spiro atoms. The van der Waals surface area contributed by atoms with E-state index in [1.807, 2.05) is 0 Å². The zero-order chi connectivity index (χ0) is 11.3. The van der Waals surface area contributed by atoms with Gasteiger partial charge in [-0.05, 0) is 19.3 Å². The van der Waals surface area contributed by atoms with E-state index in [1.165, 1.54) is 0 Å².